The Bertz CT molecular complexity index is 1020. The Kier molecular flexibility index (Phi) is 5.98. The highest BCUT2D eigenvalue weighted by Crippen LogP contribution is 2.38. The lowest BCUT2D eigenvalue weighted by atomic mass is 10.2. The lowest BCUT2D eigenvalue weighted by Gasteiger charge is -2.08. The van der Waals surface area contributed by atoms with Crippen molar-refractivity contribution in [3.05, 3.63) is 62.5 Å². The monoisotopic (exact) mass is 436 g/mol. The van der Waals surface area contributed by atoms with Gasteiger partial charge in [0.2, 0.25) is 0 Å². The average Bonchev–Trinajstić information content (AvgIpc) is 2.90. The molecule has 0 unspecified atom stereocenters. The van der Waals surface area contributed by atoms with Crippen molar-refractivity contribution in [3.63, 3.8) is 0 Å². The van der Waals surface area contributed by atoms with Gasteiger partial charge in [-0.05, 0) is 54.2 Å². The molecule has 1 amide bonds. The van der Waals surface area contributed by atoms with Crippen LogP contribution in [0, 0.1) is 0 Å². The summed E-state index contributed by atoms with van der Waals surface area (Å²) in [5.41, 5.74) is 1.28. The first-order valence-electron chi connectivity index (χ1n) is 7.93. The third-order valence-electron chi connectivity index (χ3n) is 3.87. The zero-order valence-corrected chi connectivity index (χ0v) is 17.1. The smallest absolute Gasteiger partial charge is 0.335 e. The first-order chi connectivity index (χ1) is 13.3. The first-order valence-corrected chi connectivity index (χ1v) is 9.50. The van der Waals surface area contributed by atoms with Gasteiger partial charge in [-0.1, -0.05) is 23.2 Å². The number of methoxy groups -OCH3 is 1. The van der Waals surface area contributed by atoms with Gasteiger partial charge in [-0.2, -0.15) is 0 Å². The van der Waals surface area contributed by atoms with Crippen molar-refractivity contribution in [2.45, 2.75) is 0 Å². The summed E-state index contributed by atoms with van der Waals surface area (Å²) in [5.74, 6) is -0.825. The van der Waals surface area contributed by atoms with E-state index in [9.17, 15) is 9.59 Å². The van der Waals surface area contributed by atoms with Gasteiger partial charge in [-0.15, -0.1) is 0 Å². The quantitative estimate of drug-likeness (QED) is 0.686. The highest BCUT2D eigenvalue weighted by molar-refractivity contribution is 8.18. The van der Waals surface area contributed by atoms with E-state index in [1.807, 2.05) is 0 Å². The fourth-order valence-corrected chi connectivity index (χ4v) is 4.05. The highest BCUT2D eigenvalue weighted by atomic mass is 35.5. The van der Waals surface area contributed by atoms with E-state index in [0.717, 1.165) is 0 Å². The van der Waals surface area contributed by atoms with Gasteiger partial charge < -0.3 is 9.84 Å². The molecular weight excluding hydrogens is 423 g/mol. The van der Waals surface area contributed by atoms with Gasteiger partial charge in [0.15, 0.2) is 5.17 Å². The second kappa shape index (κ2) is 8.26. The van der Waals surface area contributed by atoms with Crippen LogP contribution in [0.1, 0.15) is 15.9 Å². The number of carboxylic acid groups (broad SMARTS) is 1. The molecule has 0 atom stereocenters. The van der Waals surface area contributed by atoms with E-state index in [2.05, 4.69) is 4.99 Å². The first kappa shape index (κ1) is 20.3. The molecule has 1 saturated heterocycles. The van der Waals surface area contributed by atoms with Gasteiger partial charge in [0, 0.05) is 17.6 Å². The standard InChI is InChI=1S/C19H14Cl2N2O4S/c1-23-17(24)15(8-11-7-12(20)9-14(21)16(11)27-2)28-19(23)22-13-5-3-10(4-6-13)18(25)26/h3-9H,1-2H3,(H,25,26)/b15-8-,22-19?. The molecule has 0 radical (unpaired) electrons. The van der Waals surface area contributed by atoms with E-state index in [0.29, 0.717) is 37.1 Å². The molecule has 1 aliphatic heterocycles. The topological polar surface area (TPSA) is 79.2 Å². The van der Waals surface area contributed by atoms with E-state index in [-0.39, 0.29) is 11.5 Å². The summed E-state index contributed by atoms with van der Waals surface area (Å²) in [4.78, 5) is 29.8. The second-order valence-corrected chi connectivity index (χ2v) is 7.58. The Morgan fingerprint density at radius 2 is 1.93 bits per heavy atom. The lowest BCUT2D eigenvalue weighted by molar-refractivity contribution is -0.121. The van der Waals surface area contributed by atoms with E-state index >= 15 is 0 Å². The van der Waals surface area contributed by atoms with Crippen molar-refractivity contribution < 1.29 is 19.4 Å². The van der Waals surface area contributed by atoms with Crippen LogP contribution in [0.15, 0.2) is 46.3 Å². The molecule has 0 saturated carbocycles. The molecule has 2 aromatic rings. The molecule has 0 bridgehead atoms. The summed E-state index contributed by atoms with van der Waals surface area (Å²) >= 11 is 13.4. The number of rotatable bonds is 4. The minimum atomic E-state index is -1.01. The molecule has 28 heavy (non-hydrogen) atoms. The summed E-state index contributed by atoms with van der Waals surface area (Å²) in [5, 5.41) is 10.2. The van der Waals surface area contributed by atoms with Crippen molar-refractivity contribution in [1.82, 2.24) is 4.90 Å². The molecular formula is C19H14Cl2N2O4S. The van der Waals surface area contributed by atoms with Gasteiger partial charge >= 0.3 is 5.97 Å². The molecule has 3 rings (SSSR count). The third kappa shape index (κ3) is 4.16. The molecule has 144 valence electrons. The largest absolute Gasteiger partial charge is 0.495 e. The molecule has 1 N–H and O–H groups in total. The SMILES string of the molecule is COc1c(Cl)cc(Cl)cc1/C=C1\SC(=Nc2ccc(C(=O)O)cc2)N(C)C1=O. The van der Waals surface area contributed by atoms with Gasteiger partial charge in [0.05, 0.1) is 28.3 Å². The van der Waals surface area contributed by atoms with Crippen LogP contribution in [0.4, 0.5) is 5.69 Å². The normalized spacial score (nSPS) is 16.9. The van der Waals surface area contributed by atoms with Gasteiger partial charge in [-0.3, -0.25) is 9.69 Å². The predicted octanol–water partition coefficient (Wildman–Crippen LogP) is 4.93. The summed E-state index contributed by atoms with van der Waals surface area (Å²) in [6.45, 7) is 0. The number of aliphatic imine (C=N–C) groups is 1. The molecule has 6 nitrogen and oxygen atoms in total. The zero-order chi connectivity index (χ0) is 20.4. The number of nitrogens with zero attached hydrogens (tertiary/aromatic N) is 2. The number of amidine groups is 1. The van der Waals surface area contributed by atoms with E-state index in [1.54, 1.807) is 37.4 Å². The van der Waals surface area contributed by atoms with Gasteiger partial charge in [0.25, 0.3) is 5.91 Å². The Morgan fingerprint density at radius 3 is 2.54 bits per heavy atom. The Labute approximate surface area is 175 Å². The van der Waals surface area contributed by atoms with Crippen LogP contribution in [-0.2, 0) is 4.79 Å². The fraction of sp³-hybridized carbons (Fsp3) is 0.105. The molecule has 9 heteroatoms. The van der Waals surface area contributed by atoms with Crippen LogP contribution in [-0.4, -0.2) is 41.2 Å². The van der Waals surface area contributed by atoms with E-state index < -0.39 is 5.97 Å². The Morgan fingerprint density at radius 1 is 1.25 bits per heavy atom. The highest BCUT2D eigenvalue weighted by Gasteiger charge is 2.30. The second-order valence-electron chi connectivity index (χ2n) is 5.73. The minimum Gasteiger partial charge on any atom is -0.495 e. The van der Waals surface area contributed by atoms with Crippen LogP contribution in [0.5, 0.6) is 5.75 Å². The van der Waals surface area contributed by atoms with Crippen LogP contribution >= 0.6 is 35.0 Å². The molecule has 0 aromatic heterocycles. The van der Waals surface area contributed by atoms with Crippen LogP contribution in [0.2, 0.25) is 10.0 Å². The number of hydrogen-bond acceptors (Lipinski definition) is 5. The number of aromatic carboxylic acids is 1. The van der Waals surface area contributed by atoms with Crippen molar-refractivity contribution in [1.29, 1.82) is 0 Å². The lowest BCUT2D eigenvalue weighted by Crippen LogP contribution is -2.23. The maximum Gasteiger partial charge on any atom is 0.335 e. The maximum absolute atomic E-state index is 12.6. The third-order valence-corrected chi connectivity index (χ3v) is 5.43. The zero-order valence-electron chi connectivity index (χ0n) is 14.8. The molecule has 1 heterocycles. The number of carboxylic acids is 1. The van der Waals surface area contributed by atoms with E-state index in [1.165, 1.54) is 35.9 Å². The number of ether oxygens (including phenoxy) is 1. The summed E-state index contributed by atoms with van der Waals surface area (Å²) in [6, 6.07) is 9.30. The van der Waals surface area contributed by atoms with Crippen molar-refractivity contribution in [3.8, 4) is 5.75 Å². The summed E-state index contributed by atoms with van der Waals surface area (Å²) in [7, 11) is 3.10. The van der Waals surface area contributed by atoms with Crippen molar-refractivity contribution in [2.75, 3.05) is 14.2 Å². The minimum absolute atomic E-state index is 0.165. The molecule has 0 aliphatic carbocycles. The number of carbonyl (C=O) groups excluding carboxylic acids is 1. The number of thioether (sulfide) groups is 1. The molecule has 1 aliphatic rings. The number of carbonyl (C=O) groups is 2. The molecule has 1 fully saturated rings. The Balaban J connectivity index is 1.93. The number of benzene rings is 2. The van der Waals surface area contributed by atoms with Crippen molar-refractivity contribution in [2.24, 2.45) is 4.99 Å². The fourth-order valence-electron chi connectivity index (χ4n) is 2.48. The van der Waals surface area contributed by atoms with E-state index in [4.69, 9.17) is 33.0 Å². The molecule has 2 aromatic carbocycles. The van der Waals surface area contributed by atoms with Gasteiger partial charge in [0.1, 0.15) is 5.75 Å². The predicted molar refractivity (Wildman–Crippen MR) is 112 cm³/mol. The number of halogens is 2. The summed E-state index contributed by atoms with van der Waals surface area (Å²) in [6.07, 6.45) is 1.65. The number of hydrogen-bond donors (Lipinski definition) is 1. The number of likely N-dealkylation sites (N-methyl/N-ethyl adjacent to an activating group) is 1. The summed E-state index contributed by atoms with van der Waals surface area (Å²) < 4.78 is 5.31. The molecule has 0 spiro atoms. The van der Waals surface area contributed by atoms with Crippen LogP contribution in [0.25, 0.3) is 6.08 Å². The van der Waals surface area contributed by atoms with Gasteiger partial charge in [-0.25, -0.2) is 9.79 Å². The number of amides is 1. The Hall–Kier alpha value is -2.48. The maximum atomic E-state index is 12.6. The average molecular weight is 437 g/mol. The van der Waals surface area contributed by atoms with Crippen LogP contribution in [0.3, 0.4) is 0 Å². The van der Waals surface area contributed by atoms with Crippen LogP contribution < -0.4 is 4.74 Å². The van der Waals surface area contributed by atoms with Crippen molar-refractivity contribution >= 4 is 63.8 Å².